The monoisotopic (exact) mass is 274 g/mol. The molecule has 0 radical (unpaired) electrons. The summed E-state index contributed by atoms with van der Waals surface area (Å²) in [6.45, 7) is 5.79. The lowest BCUT2D eigenvalue weighted by Crippen LogP contribution is -2.03. The highest BCUT2D eigenvalue weighted by atomic mass is 32.2. The lowest BCUT2D eigenvalue weighted by Gasteiger charge is -2.08. The van der Waals surface area contributed by atoms with Crippen LogP contribution in [-0.2, 0) is 9.84 Å². The van der Waals surface area contributed by atoms with Crippen LogP contribution in [0.25, 0.3) is 11.1 Å². The van der Waals surface area contributed by atoms with Crippen molar-refractivity contribution in [2.45, 2.75) is 25.7 Å². The van der Waals surface area contributed by atoms with Gasteiger partial charge in [-0.2, -0.15) is 0 Å². The van der Waals surface area contributed by atoms with Crippen molar-refractivity contribution in [3.63, 3.8) is 0 Å². The molecule has 100 valence electrons. The van der Waals surface area contributed by atoms with Crippen LogP contribution in [-0.4, -0.2) is 14.2 Å². The second-order valence-electron chi connectivity index (χ2n) is 4.73. The summed E-state index contributed by atoms with van der Waals surface area (Å²) in [5.74, 6) is 0.128. The fraction of sp³-hybridized carbons (Fsp3) is 0.250. The Hall–Kier alpha value is -1.61. The molecule has 0 aromatic heterocycles. The van der Waals surface area contributed by atoms with Gasteiger partial charge in [0.1, 0.15) is 0 Å². The van der Waals surface area contributed by atoms with Gasteiger partial charge in [0.05, 0.1) is 10.6 Å². The van der Waals surface area contributed by atoms with Crippen molar-refractivity contribution >= 4 is 9.84 Å². The molecule has 2 rings (SSSR count). The van der Waals surface area contributed by atoms with Gasteiger partial charge in [-0.15, -0.1) is 0 Å². The molecule has 0 atom stereocenters. The van der Waals surface area contributed by atoms with Gasteiger partial charge < -0.3 is 0 Å². The van der Waals surface area contributed by atoms with Crippen molar-refractivity contribution in [2.75, 3.05) is 5.75 Å². The number of sulfone groups is 1. The van der Waals surface area contributed by atoms with E-state index in [1.54, 1.807) is 25.1 Å². The smallest absolute Gasteiger partial charge is 0.178 e. The molecular weight excluding hydrogens is 256 g/mol. The van der Waals surface area contributed by atoms with E-state index >= 15 is 0 Å². The van der Waals surface area contributed by atoms with Crippen LogP contribution in [0.1, 0.15) is 18.1 Å². The number of rotatable bonds is 3. The number of benzene rings is 2. The highest BCUT2D eigenvalue weighted by molar-refractivity contribution is 7.91. The van der Waals surface area contributed by atoms with Crippen LogP contribution in [0.5, 0.6) is 0 Å². The van der Waals surface area contributed by atoms with Crippen LogP contribution >= 0.6 is 0 Å². The Morgan fingerprint density at radius 3 is 2.21 bits per heavy atom. The fourth-order valence-electron chi connectivity index (χ4n) is 1.96. The predicted molar refractivity (Wildman–Crippen MR) is 79.1 cm³/mol. The van der Waals surface area contributed by atoms with Gasteiger partial charge in [-0.05, 0) is 48.2 Å². The van der Waals surface area contributed by atoms with Gasteiger partial charge in [0, 0.05) is 0 Å². The zero-order valence-electron chi connectivity index (χ0n) is 11.5. The SMILES string of the molecule is CCS(=O)(=O)c1cccc(-c2ccc(C)c(C)c2)c1. The van der Waals surface area contributed by atoms with Crippen molar-refractivity contribution in [3.05, 3.63) is 53.6 Å². The molecule has 0 fully saturated rings. The second-order valence-corrected chi connectivity index (χ2v) is 7.01. The van der Waals surface area contributed by atoms with Crippen LogP contribution in [0.4, 0.5) is 0 Å². The lowest BCUT2D eigenvalue weighted by molar-refractivity contribution is 0.597. The maximum atomic E-state index is 11.9. The van der Waals surface area contributed by atoms with E-state index in [4.69, 9.17) is 0 Å². The van der Waals surface area contributed by atoms with Crippen molar-refractivity contribution in [2.24, 2.45) is 0 Å². The molecular formula is C16H18O2S. The minimum atomic E-state index is -3.15. The highest BCUT2D eigenvalue weighted by Gasteiger charge is 2.12. The number of hydrogen-bond acceptors (Lipinski definition) is 2. The van der Waals surface area contributed by atoms with Gasteiger partial charge in [0.2, 0.25) is 0 Å². The molecule has 0 aliphatic carbocycles. The Labute approximate surface area is 115 Å². The molecule has 3 heteroatoms. The van der Waals surface area contributed by atoms with E-state index in [0.29, 0.717) is 4.90 Å². The standard InChI is InChI=1S/C16H18O2S/c1-4-19(17,18)16-7-5-6-14(11-16)15-9-8-12(2)13(3)10-15/h5-11H,4H2,1-3H3. The second kappa shape index (κ2) is 5.17. The van der Waals surface area contributed by atoms with E-state index in [1.165, 1.54) is 11.1 Å². The first-order valence-electron chi connectivity index (χ1n) is 6.34. The molecule has 19 heavy (non-hydrogen) atoms. The first-order valence-corrected chi connectivity index (χ1v) is 7.99. The van der Waals surface area contributed by atoms with Gasteiger partial charge in [0.15, 0.2) is 9.84 Å². The largest absolute Gasteiger partial charge is 0.224 e. The predicted octanol–water partition coefficient (Wildman–Crippen LogP) is 3.76. The van der Waals surface area contributed by atoms with E-state index in [2.05, 4.69) is 26.0 Å². The van der Waals surface area contributed by atoms with Crippen molar-refractivity contribution in [3.8, 4) is 11.1 Å². The molecule has 0 bridgehead atoms. The van der Waals surface area contributed by atoms with E-state index in [0.717, 1.165) is 11.1 Å². The summed E-state index contributed by atoms with van der Waals surface area (Å²) in [6.07, 6.45) is 0. The molecule has 0 unspecified atom stereocenters. The Morgan fingerprint density at radius 1 is 0.895 bits per heavy atom. The minimum absolute atomic E-state index is 0.128. The molecule has 0 saturated carbocycles. The van der Waals surface area contributed by atoms with E-state index < -0.39 is 9.84 Å². The average molecular weight is 274 g/mol. The Bertz CT molecular complexity index is 700. The summed E-state index contributed by atoms with van der Waals surface area (Å²) >= 11 is 0. The van der Waals surface area contributed by atoms with Crippen molar-refractivity contribution in [1.29, 1.82) is 0 Å². The molecule has 0 aliphatic rings. The normalized spacial score (nSPS) is 11.5. The zero-order valence-corrected chi connectivity index (χ0v) is 12.3. The van der Waals surface area contributed by atoms with Crippen LogP contribution in [0.15, 0.2) is 47.4 Å². The van der Waals surface area contributed by atoms with Crippen molar-refractivity contribution in [1.82, 2.24) is 0 Å². The van der Waals surface area contributed by atoms with Gasteiger partial charge in [-0.1, -0.05) is 37.3 Å². The zero-order chi connectivity index (χ0) is 14.0. The summed E-state index contributed by atoms with van der Waals surface area (Å²) in [5, 5.41) is 0. The molecule has 0 heterocycles. The molecule has 2 aromatic carbocycles. The van der Waals surface area contributed by atoms with E-state index in [1.807, 2.05) is 12.1 Å². The molecule has 2 aromatic rings. The maximum Gasteiger partial charge on any atom is 0.178 e. The summed E-state index contributed by atoms with van der Waals surface area (Å²) in [7, 11) is -3.15. The first-order chi connectivity index (χ1) is 8.94. The van der Waals surface area contributed by atoms with Crippen LogP contribution in [0.3, 0.4) is 0 Å². The molecule has 0 aliphatic heterocycles. The Balaban J connectivity index is 2.52. The van der Waals surface area contributed by atoms with E-state index in [9.17, 15) is 8.42 Å². The van der Waals surface area contributed by atoms with Gasteiger partial charge >= 0.3 is 0 Å². The molecule has 0 spiro atoms. The minimum Gasteiger partial charge on any atom is -0.224 e. The summed E-state index contributed by atoms with van der Waals surface area (Å²) < 4.78 is 23.8. The molecule has 0 saturated heterocycles. The molecule has 0 amide bonds. The average Bonchev–Trinajstić information content (AvgIpc) is 2.42. The fourth-order valence-corrected chi connectivity index (χ4v) is 2.88. The third kappa shape index (κ3) is 2.87. The van der Waals surface area contributed by atoms with Gasteiger partial charge in [-0.25, -0.2) is 8.42 Å². The Morgan fingerprint density at radius 2 is 1.58 bits per heavy atom. The van der Waals surface area contributed by atoms with Crippen LogP contribution in [0.2, 0.25) is 0 Å². The number of aryl methyl sites for hydroxylation is 2. The number of hydrogen-bond donors (Lipinski definition) is 0. The third-order valence-electron chi connectivity index (χ3n) is 3.41. The quantitative estimate of drug-likeness (QED) is 0.854. The summed E-state index contributed by atoms with van der Waals surface area (Å²) in [5.41, 5.74) is 4.44. The van der Waals surface area contributed by atoms with Crippen LogP contribution < -0.4 is 0 Å². The maximum absolute atomic E-state index is 11.9. The van der Waals surface area contributed by atoms with E-state index in [-0.39, 0.29) is 5.75 Å². The highest BCUT2D eigenvalue weighted by Crippen LogP contribution is 2.25. The van der Waals surface area contributed by atoms with Gasteiger partial charge in [-0.3, -0.25) is 0 Å². The van der Waals surface area contributed by atoms with Crippen LogP contribution in [0, 0.1) is 13.8 Å². The van der Waals surface area contributed by atoms with Crippen molar-refractivity contribution < 1.29 is 8.42 Å². The third-order valence-corrected chi connectivity index (χ3v) is 5.15. The molecule has 0 N–H and O–H groups in total. The molecule has 2 nitrogen and oxygen atoms in total. The lowest BCUT2D eigenvalue weighted by atomic mass is 10.0. The Kier molecular flexibility index (Phi) is 3.76. The van der Waals surface area contributed by atoms with Gasteiger partial charge in [0.25, 0.3) is 0 Å². The topological polar surface area (TPSA) is 34.1 Å². The first kappa shape index (κ1) is 13.8. The summed E-state index contributed by atoms with van der Waals surface area (Å²) in [6, 6.07) is 13.3. The summed E-state index contributed by atoms with van der Waals surface area (Å²) in [4.78, 5) is 0.394.